The highest BCUT2D eigenvalue weighted by atomic mass is 32.2. The van der Waals surface area contributed by atoms with Gasteiger partial charge in [-0.1, -0.05) is 23.4 Å². The van der Waals surface area contributed by atoms with Crippen LogP contribution in [0.4, 0.5) is 5.69 Å². The SMILES string of the molecule is Cc1noc(C)c1S(=O)(=O)N1CCCC(C(=O)NCCN(C)c2ccccc2)C1. The molecule has 1 N–H and O–H groups in total. The van der Waals surface area contributed by atoms with Crippen LogP contribution in [0.3, 0.4) is 0 Å². The summed E-state index contributed by atoms with van der Waals surface area (Å²) in [5, 5.41) is 6.70. The Morgan fingerprint density at radius 2 is 2.03 bits per heavy atom. The van der Waals surface area contributed by atoms with Gasteiger partial charge in [-0.25, -0.2) is 8.42 Å². The molecule has 0 spiro atoms. The number of sulfonamides is 1. The predicted molar refractivity (Wildman–Crippen MR) is 110 cm³/mol. The molecule has 1 aromatic carbocycles. The zero-order chi connectivity index (χ0) is 21.0. The van der Waals surface area contributed by atoms with Crippen LogP contribution in [0, 0.1) is 19.8 Å². The van der Waals surface area contributed by atoms with Crippen molar-refractivity contribution >= 4 is 21.6 Å². The smallest absolute Gasteiger partial charge is 0.248 e. The zero-order valence-corrected chi connectivity index (χ0v) is 17.9. The fourth-order valence-electron chi connectivity index (χ4n) is 3.65. The number of rotatable bonds is 7. The summed E-state index contributed by atoms with van der Waals surface area (Å²) in [7, 11) is -1.76. The second kappa shape index (κ2) is 8.96. The maximum atomic E-state index is 13.0. The maximum Gasteiger partial charge on any atom is 0.248 e. The van der Waals surface area contributed by atoms with Gasteiger partial charge in [-0.15, -0.1) is 0 Å². The molecule has 1 saturated heterocycles. The number of aromatic nitrogens is 1. The van der Waals surface area contributed by atoms with Gasteiger partial charge in [-0.2, -0.15) is 4.31 Å². The minimum absolute atomic E-state index is 0.106. The topological polar surface area (TPSA) is 95.8 Å². The Kier molecular flexibility index (Phi) is 6.59. The Hall–Kier alpha value is -2.39. The van der Waals surface area contributed by atoms with E-state index in [2.05, 4.69) is 15.4 Å². The number of anilines is 1. The first-order valence-electron chi connectivity index (χ1n) is 9.77. The minimum Gasteiger partial charge on any atom is -0.373 e. The van der Waals surface area contributed by atoms with E-state index < -0.39 is 10.0 Å². The van der Waals surface area contributed by atoms with Gasteiger partial charge in [0.25, 0.3) is 0 Å². The van der Waals surface area contributed by atoms with Crippen molar-refractivity contribution in [3.8, 4) is 0 Å². The van der Waals surface area contributed by atoms with E-state index in [9.17, 15) is 13.2 Å². The van der Waals surface area contributed by atoms with Gasteiger partial charge in [-0.3, -0.25) is 4.79 Å². The van der Waals surface area contributed by atoms with E-state index in [4.69, 9.17) is 4.52 Å². The average Bonchev–Trinajstić information content (AvgIpc) is 3.07. The van der Waals surface area contributed by atoms with Crippen LogP contribution >= 0.6 is 0 Å². The van der Waals surface area contributed by atoms with E-state index in [0.29, 0.717) is 38.2 Å². The van der Waals surface area contributed by atoms with Crippen molar-refractivity contribution in [2.24, 2.45) is 5.92 Å². The number of hydrogen-bond donors (Lipinski definition) is 1. The largest absolute Gasteiger partial charge is 0.373 e. The molecule has 1 unspecified atom stereocenters. The van der Waals surface area contributed by atoms with Gasteiger partial charge in [0.2, 0.25) is 15.9 Å². The minimum atomic E-state index is -3.73. The average molecular weight is 421 g/mol. The van der Waals surface area contributed by atoms with Crippen molar-refractivity contribution in [3.63, 3.8) is 0 Å². The molecule has 0 radical (unpaired) electrons. The van der Waals surface area contributed by atoms with Crippen LogP contribution in [0.15, 0.2) is 39.8 Å². The van der Waals surface area contributed by atoms with Gasteiger partial charge in [-0.05, 0) is 38.8 Å². The molecule has 0 aliphatic carbocycles. The third-order valence-corrected chi connectivity index (χ3v) is 7.37. The third kappa shape index (κ3) is 4.79. The number of nitrogens with zero attached hydrogens (tertiary/aromatic N) is 3. The molecule has 3 rings (SSSR count). The highest BCUT2D eigenvalue weighted by molar-refractivity contribution is 7.89. The lowest BCUT2D eigenvalue weighted by molar-refractivity contribution is -0.126. The Bertz CT molecular complexity index is 923. The van der Waals surface area contributed by atoms with Crippen molar-refractivity contribution in [3.05, 3.63) is 41.8 Å². The molecule has 1 fully saturated rings. The van der Waals surface area contributed by atoms with Crippen LogP contribution in [-0.2, 0) is 14.8 Å². The number of amides is 1. The van der Waals surface area contributed by atoms with Crippen LogP contribution in [0.2, 0.25) is 0 Å². The van der Waals surface area contributed by atoms with E-state index in [1.54, 1.807) is 13.8 Å². The Morgan fingerprint density at radius 1 is 1.31 bits per heavy atom. The first-order chi connectivity index (χ1) is 13.8. The van der Waals surface area contributed by atoms with Crippen LogP contribution in [0.25, 0.3) is 0 Å². The molecular formula is C20H28N4O4S. The first-order valence-corrected chi connectivity index (χ1v) is 11.2. The van der Waals surface area contributed by atoms with Crippen molar-refractivity contribution in [2.75, 3.05) is 38.1 Å². The third-order valence-electron chi connectivity index (χ3n) is 5.26. The van der Waals surface area contributed by atoms with E-state index in [1.807, 2.05) is 37.4 Å². The van der Waals surface area contributed by atoms with Gasteiger partial charge < -0.3 is 14.7 Å². The molecule has 1 aromatic heterocycles. The van der Waals surface area contributed by atoms with Crippen LogP contribution in [0.5, 0.6) is 0 Å². The lowest BCUT2D eigenvalue weighted by Gasteiger charge is -2.31. The van der Waals surface area contributed by atoms with Crippen molar-refractivity contribution in [1.29, 1.82) is 0 Å². The summed E-state index contributed by atoms with van der Waals surface area (Å²) >= 11 is 0. The Balaban J connectivity index is 1.57. The van der Waals surface area contributed by atoms with Crippen LogP contribution in [0.1, 0.15) is 24.3 Å². The fourth-order valence-corrected chi connectivity index (χ4v) is 5.46. The molecule has 158 valence electrons. The number of carbonyl (C=O) groups is 1. The van der Waals surface area contributed by atoms with Gasteiger partial charge in [0.1, 0.15) is 10.6 Å². The number of piperidine rings is 1. The van der Waals surface area contributed by atoms with Gasteiger partial charge in [0.05, 0.1) is 5.92 Å². The summed E-state index contributed by atoms with van der Waals surface area (Å²) in [6.45, 7) is 4.94. The zero-order valence-electron chi connectivity index (χ0n) is 17.1. The molecule has 2 heterocycles. The lowest BCUT2D eigenvalue weighted by atomic mass is 9.99. The number of aryl methyl sites for hydroxylation is 2. The number of nitrogens with one attached hydrogen (secondary N) is 1. The molecule has 8 nitrogen and oxygen atoms in total. The van der Waals surface area contributed by atoms with Crippen molar-refractivity contribution in [1.82, 2.24) is 14.8 Å². The van der Waals surface area contributed by atoms with Gasteiger partial charge in [0, 0.05) is 38.9 Å². The lowest BCUT2D eigenvalue weighted by Crippen LogP contribution is -2.46. The van der Waals surface area contributed by atoms with E-state index >= 15 is 0 Å². The molecule has 9 heteroatoms. The maximum absolute atomic E-state index is 13.0. The molecule has 2 aromatic rings. The summed E-state index contributed by atoms with van der Waals surface area (Å²) in [6.07, 6.45) is 1.32. The summed E-state index contributed by atoms with van der Waals surface area (Å²) in [5.41, 5.74) is 1.43. The summed E-state index contributed by atoms with van der Waals surface area (Å²) in [4.78, 5) is 14.8. The quantitative estimate of drug-likeness (QED) is 0.736. The van der Waals surface area contributed by atoms with Gasteiger partial charge >= 0.3 is 0 Å². The molecular weight excluding hydrogens is 392 g/mol. The molecule has 1 aliphatic heterocycles. The molecule has 0 bridgehead atoms. The van der Waals surface area contributed by atoms with E-state index in [0.717, 1.165) is 5.69 Å². The standard InChI is InChI=1S/C20H28N4O4S/c1-15-19(16(2)28-22-15)29(26,27)24-12-7-8-17(14-24)20(25)21-11-13-23(3)18-9-5-4-6-10-18/h4-6,9-10,17H,7-8,11-14H2,1-3H3,(H,21,25). The molecule has 1 aliphatic rings. The van der Waals surface area contributed by atoms with E-state index in [1.165, 1.54) is 4.31 Å². The first kappa shape index (κ1) is 21.3. The van der Waals surface area contributed by atoms with Crippen molar-refractivity contribution < 1.29 is 17.7 Å². The highest BCUT2D eigenvalue weighted by Gasteiger charge is 2.36. The number of likely N-dealkylation sites (N-methyl/N-ethyl adjacent to an activating group) is 1. The molecule has 1 amide bonds. The number of hydrogen-bond acceptors (Lipinski definition) is 6. The predicted octanol–water partition coefficient (Wildman–Crippen LogP) is 1.94. The second-order valence-electron chi connectivity index (χ2n) is 7.40. The van der Waals surface area contributed by atoms with Crippen molar-refractivity contribution in [2.45, 2.75) is 31.6 Å². The van der Waals surface area contributed by atoms with Gasteiger partial charge in [0.15, 0.2) is 5.76 Å². The van der Waals surface area contributed by atoms with Crippen LogP contribution < -0.4 is 10.2 Å². The Morgan fingerprint density at radius 3 is 2.69 bits per heavy atom. The number of para-hydroxylation sites is 1. The fraction of sp³-hybridized carbons (Fsp3) is 0.500. The molecule has 0 saturated carbocycles. The second-order valence-corrected chi connectivity index (χ2v) is 9.28. The molecule has 29 heavy (non-hydrogen) atoms. The monoisotopic (exact) mass is 420 g/mol. The number of benzene rings is 1. The summed E-state index contributed by atoms with van der Waals surface area (Å²) in [6, 6.07) is 9.94. The number of carbonyl (C=O) groups excluding carboxylic acids is 1. The Labute approximate surface area is 171 Å². The molecule has 1 atom stereocenters. The highest BCUT2D eigenvalue weighted by Crippen LogP contribution is 2.27. The summed E-state index contributed by atoms with van der Waals surface area (Å²) in [5.74, 6) is -0.191. The van der Waals surface area contributed by atoms with E-state index in [-0.39, 0.29) is 29.0 Å². The summed E-state index contributed by atoms with van der Waals surface area (Å²) < 4.78 is 32.4. The normalized spacial score (nSPS) is 17.8. The van der Waals surface area contributed by atoms with Crippen LogP contribution in [-0.4, -0.2) is 57.0 Å².